The van der Waals surface area contributed by atoms with Crippen molar-refractivity contribution in [3.05, 3.63) is 160 Å². The zero-order valence-corrected chi connectivity index (χ0v) is 35.6. The van der Waals surface area contributed by atoms with E-state index in [9.17, 15) is 25.2 Å². The van der Waals surface area contributed by atoms with Gasteiger partial charge in [0.25, 0.3) is 0 Å². The smallest absolute Gasteiger partial charge is 0.161 e. The first-order valence-electron chi connectivity index (χ1n) is 21.9. The van der Waals surface area contributed by atoms with Gasteiger partial charge in [0, 0.05) is 36.1 Å². The second-order valence-corrected chi connectivity index (χ2v) is 17.4. The van der Waals surface area contributed by atoms with Crippen LogP contribution in [0.15, 0.2) is 126 Å². The summed E-state index contributed by atoms with van der Waals surface area (Å²) in [6.07, 6.45) is 14.3. The van der Waals surface area contributed by atoms with Crippen LogP contribution >= 0.6 is 0 Å². The van der Waals surface area contributed by atoms with Crippen LogP contribution in [0.1, 0.15) is 116 Å². The standard InChI is InChI=1S/C53H59N3O6/c1-35(10-11-36-6-3-2-4-7-36)20-25-53(27-22-42(58)34-53)26-21-41(57)16-12-37-14-19-49(60)51(31-37)62-29-24-38-13-18-48(59)46(30-38)45-33-50(61)44-23-28-56-47(44)9-5-8-39-32-40(52(54)55)15-17-43(39)45/h2-4,6-7,13-15,17-19,21,23,26,28,30-32,35,42,45,52,58-61H,9-12,16,20,22,24-25,27,29,33-34,54-55H2,1H3/p-1. The van der Waals surface area contributed by atoms with E-state index in [1.54, 1.807) is 42.6 Å². The van der Waals surface area contributed by atoms with E-state index in [1.165, 1.54) is 5.56 Å². The zero-order valence-electron chi connectivity index (χ0n) is 35.6. The lowest BCUT2D eigenvalue weighted by Crippen LogP contribution is -2.21. The van der Waals surface area contributed by atoms with Crippen LogP contribution in [0, 0.1) is 23.2 Å². The van der Waals surface area contributed by atoms with Crippen LogP contribution in [0.4, 0.5) is 0 Å². The van der Waals surface area contributed by atoms with Crippen LogP contribution in [0.5, 0.6) is 17.2 Å². The molecule has 1 saturated carbocycles. The largest absolute Gasteiger partial charge is 0.875 e. The molecule has 3 aliphatic rings. The fourth-order valence-electron chi connectivity index (χ4n) is 8.95. The maximum absolute atomic E-state index is 13.7. The van der Waals surface area contributed by atoms with Gasteiger partial charge in [-0.1, -0.05) is 85.5 Å². The van der Waals surface area contributed by atoms with E-state index in [2.05, 4.69) is 54.1 Å². The number of phenolic OH excluding ortho intramolecular Hbond substituents is 2. The van der Waals surface area contributed by atoms with Gasteiger partial charge in [0.05, 0.1) is 31.0 Å². The lowest BCUT2D eigenvalue weighted by molar-refractivity contribution is -0.307. The summed E-state index contributed by atoms with van der Waals surface area (Å²) in [6.45, 7) is 2.53. The van der Waals surface area contributed by atoms with Crippen molar-refractivity contribution >= 4 is 11.5 Å². The Kier molecular flexibility index (Phi) is 14.5. The van der Waals surface area contributed by atoms with E-state index < -0.39 is 12.1 Å². The third kappa shape index (κ3) is 11.3. The van der Waals surface area contributed by atoms with Gasteiger partial charge in [-0.25, -0.2) is 0 Å². The van der Waals surface area contributed by atoms with Crippen molar-refractivity contribution in [2.24, 2.45) is 27.8 Å². The lowest BCUT2D eigenvalue weighted by atomic mass is 9.78. The minimum absolute atomic E-state index is 0.00164. The predicted octanol–water partition coefficient (Wildman–Crippen LogP) is 8.13. The number of ketones is 1. The zero-order chi connectivity index (χ0) is 43.6. The van der Waals surface area contributed by atoms with Crippen molar-refractivity contribution in [1.29, 1.82) is 0 Å². The van der Waals surface area contributed by atoms with E-state index in [0.717, 1.165) is 55.2 Å². The van der Waals surface area contributed by atoms with Crippen LogP contribution in [0.25, 0.3) is 0 Å². The Labute approximate surface area is 365 Å². The molecule has 62 heavy (non-hydrogen) atoms. The number of hydrogen-bond acceptors (Lipinski definition) is 9. The highest BCUT2D eigenvalue weighted by molar-refractivity contribution is 6.06. The number of nitrogens with two attached hydrogens (primary N) is 2. The Bertz CT molecular complexity index is 2420. The molecule has 9 nitrogen and oxygen atoms in total. The second kappa shape index (κ2) is 20.3. The fourth-order valence-corrected chi connectivity index (χ4v) is 8.95. The number of aliphatic imine (C=N–C) groups is 1. The molecule has 7 rings (SSSR count). The summed E-state index contributed by atoms with van der Waals surface area (Å²) in [5.74, 6) is 6.76. The van der Waals surface area contributed by atoms with Gasteiger partial charge in [0.2, 0.25) is 0 Å². The number of aliphatic hydroxyl groups is 1. The molecule has 2 aliphatic carbocycles. The van der Waals surface area contributed by atoms with Crippen LogP contribution in [0.3, 0.4) is 0 Å². The van der Waals surface area contributed by atoms with E-state index >= 15 is 0 Å². The maximum Gasteiger partial charge on any atom is 0.161 e. The van der Waals surface area contributed by atoms with Crippen LogP contribution < -0.4 is 21.3 Å². The monoisotopic (exact) mass is 832 g/mol. The van der Waals surface area contributed by atoms with E-state index in [1.807, 2.05) is 36.4 Å². The van der Waals surface area contributed by atoms with Crippen LogP contribution in [-0.2, 0) is 24.1 Å². The minimum Gasteiger partial charge on any atom is -0.875 e. The number of carbonyl (C=O) groups is 1. The van der Waals surface area contributed by atoms with Gasteiger partial charge in [-0.2, -0.15) is 0 Å². The van der Waals surface area contributed by atoms with E-state index in [4.69, 9.17) is 16.2 Å². The summed E-state index contributed by atoms with van der Waals surface area (Å²) < 4.78 is 6.10. The number of ether oxygens (including phenoxy) is 1. The van der Waals surface area contributed by atoms with E-state index in [0.29, 0.717) is 71.7 Å². The summed E-state index contributed by atoms with van der Waals surface area (Å²) in [5, 5.41) is 46.2. The highest BCUT2D eigenvalue weighted by Crippen LogP contribution is 2.45. The molecule has 1 heterocycles. The van der Waals surface area contributed by atoms with Gasteiger partial charge in [0.15, 0.2) is 17.3 Å². The molecule has 0 amide bonds. The Morgan fingerprint density at radius 2 is 1.74 bits per heavy atom. The quantitative estimate of drug-likeness (QED) is 0.0403. The van der Waals surface area contributed by atoms with Crippen molar-refractivity contribution < 1.29 is 30.0 Å². The topological polar surface area (TPSA) is 174 Å². The number of carbonyl (C=O) groups excluding carboxylic acids is 1. The van der Waals surface area contributed by atoms with Gasteiger partial charge in [0.1, 0.15) is 5.75 Å². The SMILES string of the molecule is CC(CCc1ccccc1)CCC1(C=CC(=O)CCc2ccc(O)c(OCCc3ccc(O)c(C4CC([O-])=C5C=CN=C5CC#Cc5cc(C(N)N)ccc54)c3)c2)CCC(O)C1. The first kappa shape index (κ1) is 44.1. The molecule has 0 aromatic heterocycles. The molecule has 7 N–H and O–H groups in total. The molecule has 4 aromatic rings. The van der Waals surface area contributed by atoms with Crippen molar-refractivity contribution in [3.63, 3.8) is 0 Å². The molecule has 0 saturated heterocycles. The number of rotatable bonds is 17. The number of hydrogen-bond donors (Lipinski definition) is 5. The highest BCUT2D eigenvalue weighted by atomic mass is 16.5. The molecule has 0 radical (unpaired) electrons. The third-order valence-corrected chi connectivity index (χ3v) is 12.7. The van der Waals surface area contributed by atoms with Crippen molar-refractivity contribution in [3.8, 4) is 29.1 Å². The van der Waals surface area contributed by atoms with Crippen molar-refractivity contribution in [2.75, 3.05) is 6.61 Å². The third-order valence-electron chi connectivity index (χ3n) is 12.7. The van der Waals surface area contributed by atoms with Crippen LogP contribution in [-0.4, -0.2) is 39.5 Å². The van der Waals surface area contributed by atoms with Crippen LogP contribution in [0.2, 0.25) is 0 Å². The number of aryl methyl sites for hydroxylation is 2. The Balaban J connectivity index is 0.976. The fraction of sp³-hybridized carbons (Fsp3) is 0.358. The number of phenols is 2. The minimum atomic E-state index is -0.701. The number of benzene rings is 4. The number of nitrogens with zero attached hydrogens (tertiary/aromatic N) is 1. The molecule has 4 aromatic carbocycles. The number of aliphatic hydroxyl groups excluding tert-OH is 1. The van der Waals surface area contributed by atoms with E-state index in [-0.39, 0.29) is 47.6 Å². The second-order valence-electron chi connectivity index (χ2n) is 17.4. The van der Waals surface area contributed by atoms with Gasteiger partial charge >= 0.3 is 0 Å². The summed E-state index contributed by atoms with van der Waals surface area (Å²) >= 11 is 0. The Hall–Kier alpha value is -5.92. The molecule has 1 aliphatic heterocycles. The molecule has 0 spiro atoms. The lowest BCUT2D eigenvalue weighted by Gasteiger charge is -2.27. The molecular formula is C53H58N3O6-. The van der Waals surface area contributed by atoms with Gasteiger partial charge < -0.3 is 36.6 Å². The molecule has 4 unspecified atom stereocenters. The number of fused-ring (bicyclic) bond motifs is 2. The maximum atomic E-state index is 13.7. The summed E-state index contributed by atoms with van der Waals surface area (Å²) in [6, 6.07) is 26.6. The molecule has 0 bridgehead atoms. The normalized spacial score (nSPS) is 20.1. The summed E-state index contributed by atoms with van der Waals surface area (Å²) in [4.78, 5) is 17.6. The molecular weight excluding hydrogens is 775 g/mol. The van der Waals surface area contributed by atoms with Crippen molar-refractivity contribution in [2.45, 2.75) is 102 Å². The van der Waals surface area contributed by atoms with Gasteiger partial charge in [-0.05, 0) is 139 Å². The molecule has 9 heteroatoms. The average molecular weight is 833 g/mol. The number of allylic oxidation sites excluding steroid dienone is 5. The highest BCUT2D eigenvalue weighted by Gasteiger charge is 2.36. The first-order valence-corrected chi connectivity index (χ1v) is 21.9. The molecule has 322 valence electrons. The first-order chi connectivity index (χ1) is 29.9. The molecule has 1 fully saturated rings. The van der Waals surface area contributed by atoms with Gasteiger partial charge in [-0.3, -0.25) is 9.79 Å². The van der Waals surface area contributed by atoms with Gasteiger partial charge in [-0.15, -0.1) is 5.76 Å². The Morgan fingerprint density at radius 3 is 2.52 bits per heavy atom. The number of aromatic hydroxyl groups is 2. The molecule has 4 atom stereocenters. The predicted molar refractivity (Wildman–Crippen MR) is 242 cm³/mol. The summed E-state index contributed by atoms with van der Waals surface area (Å²) in [5.41, 5.74) is 18.9. The summed E-state index contributed by atoms with van der Waals surface area (Å²) in [7, 11) is 0. The average Bonchev–Trinajstić information content (AvgIpc) is 3.91. The Morgan fingerprint density at radius 1 is 0.952 bits per heavy atom. The van der Waals surface area contributed by atoms with Crippen molar-refractivity contribution in [1.82, 2.24) is 0 Å².